The molecule has 2 fully saturated rings. The van der Waals surface area contributed by atoms with E-state index in [2.05, 4.69) is 21.5 Å². The summed E-state index contributed by atoms with van der Waals surface area (Å²) in [6.45, 7) is 7.64. The minimum atomic E-state index is -5.73. The fourth-order valence-electron chi connectivity index (χ4n) is 4.09. The van der Waals surface area contributed by atoms with Crippen molar-refractivity contribution in [1.29, 1.82) is 0 Å². The van der Waals surface area contributed by atoms with Crippen LogP contribution >= 0.6 is 11.6 Å². The lowest BCUT2D eigenvalue weighted by Crippen LogP contribution is -2.52. The monoisotopic (exact) mass is 516 g/mol. The van der Waals surface area contributed by atoms with Gasteiger partial charge >= 0.3 is 18.4 Å². The summed E-state index contributed by atoms with van der Waals surface area (Å²) in [5, 5.41) is 0.605. The average molecular weight is 517 g/mol. The molecule has 0 bridgehead atoms. The molecule has 1 amide bonds. The molecule has 13 heteroatoms. The van der Waals surface area contributed by atoms with E-state index in [1.54, 1.807) is 6.07 Å². The van der Waals surface area contributed by atoms with Crippen LogP contribution in [0.2, 0.25) is 5.02 Å². The molecular weight excluding hydrogens is 490 g/mol. The fraction of sp³-hybridized carbons (Fsp3) is 0.667. The highest BCUT2D eigenvalue weighted by Gasteiger charge is 2.60. The van der Waals surface area contributed by atoms with Crippen molar-refractivity contribution in [2.45, 2.75) is 31.9 Å². The molecule has 0 spiro atoms. The second-order valence-corrected chi connectivity index (χ2v) is 8.74. The Morgan fingerprint density at radius 1 is 0.941 bits per heavy atom. The molecule has 2 aliphatic heterocycles. The number of alkyl halides is 6. The molecule has 2 aliphatic rings. The minimum Gasteiger partial charge on any atom is -0.426 e. The van der Waals surface area contributed by atoms with Crippen LogP contribution in [0.15, 0.2) is 18.2 Å². The van der Waals surface area contributed by atoms with Crippen LogP contribution < -0.4 is 4.90 Å². The number of hydrogen-bond acceptors (Lipinski definition) is 5. The van der Waals surface area contributed by atoms with Crippen LogP contribution in [0.4, 0.5) is 36.8 Å². The van der Waals surface area contributed by atoms with Crippen LogP contribution in [0.1, 0.15) is 12.5 Å². The Hall–Kier alpha value is -1.92. The predicted molar refractivity (Wildman–Crippen MR) is 115 cm³/mol. The van der Waals surface area contributed by atoms with Crippen molar-refractivity contribution in [2.75, 3.05) is 63.8 Å². The summed E-state index contributed by atoms with van der Waals surface area (Å²) in [6, 6.07) is 5.60. The van der Waals surface area contributed by atoms with E-state index in [1.807, 2.05) is 17.0 Å². The number of amides is 1. The topological polar surface area (TPSA) is 39.3 Å². The van der Waals surface area contributed by atoms with Gasteiger partial charge in [0.25, 0.3) is 6.10 Å². The SMILES string of the molecule is CCN1CCN(c2cc(Cl)ccc2CN2CCN(C(=O)OC(C(F)(F)F)C(F)(F)F)CC2)CC1. The van der Waals surface area contributed by atoms with Crippen molar-refractivity contribution < 1.29 is 35.9 Å². The molecule has 6 nitrogen and oxygen atoms in total. The summed E-state index contributed by atoms with van der Waals surface area (Å²) >= 11 is 6.23. The zero-order valence-corrected chi connectivity index (χ0v) is 19.4. The molecule has 0 aliphatic carbocycles. The van der Waals surface area contributed by atoms with Crippen LogP contribution in [-0.4, -0.2) is 98.2 Å². The highest BCUT2D eigenvalue weighted by Crippen LogP contribution is 2.36. The van der Waals surface area contributed by atoms with E-state index in [0.29, 0.717) is 11.6 Å². The molecule has 1 aromatic rings. The third-order valence-corrected chi connectivity index (χ3v) is 6.28. The van der Waals surface area contributed by atoms with E-state index < -0.39 is 24.5 Å². The standard InChI is InChI=1S/C21H27ClF6N4O2/c1-2-29-5-9-31(10-6-29)17-13-16(22)4-3-15(17)14-30-7-11-32(12-8-30)19(33)34-18(20(23,24)25)21(26,27)28/h3-4,13,18H,2,5-12,14H2,1H3. The number of carbonyl (C=O) groups is 1. The van der Waals surface area contributed by atoms with Crippen LogP contribution in [0.5, 0.6) is 0 Å². The van der Waals surface area contributed by atoms with Gasteiger partial charge < -0.3 is 19.4 Å². The molecule has 0 radical (unpaired) electrons. The number of nitrogens with zero attached hydrogens (tertiary/aromatic N) is 4. The molecule has 0 atom stereocenters. The Morgan fingerprint density at radius 2 is 1.50 bits per heavy atom. The number of carbonyl (C=O) groups excluding carboxylic acids is 1. The number of halogens is 7. The van der Waals surface area contributed by atoms with Gasteiger partial charge in [-0.3, -0.25) is 4.90 Å². The van der Waals surface area contributed by atoms with Crippen LogP contribution in [-0.2, 0) is 11.3 Å². The molecular formula is C21H27ClF6N4O2. The van der Waals surface area contributed by atoms with Gasteiger partial charge in [0.2, 0.25) is 0 Å². The fourth-order valence-corrected chi connectivity index (χ4v) is 4.26. The third-order valence-electron chi connectivity index (χ3n) is 6.05. The highest BCUT2D eigenvalue weighted by atomic mass is 35.5. The number of anilines is 1. The zero-order valence-electron chi connectivity index (χ0n) is 18.6. The highest BCUT2D eigenvalue weighted by molar-refractivity contribution is 6.30. The summed E-state index contributed by atoms with van der Waals surface area (Å²) in [7, 11) is 0. The third kappa shape index (κ3) is 6.82. The lowest BCUT2D eigenvalue weighted by atomic mass is 10.1. The Labute approximate surface area is 199 Å². The van der Waals surface area contributed by atoms with E-state index >= 15 is 0 Å². The van der Waals surface area contributed by atoms with E-state index in [1.165, 1.54) is 0 Å². The molecule has 1 aromatic carbocycles. The van der Waals surface area contributed by atoms with E-state index in [-0.39, 0.29) is 26.2 Å². The van der Waals surface area contributed by atoms with Gasteiger partial charge in [0.15, 0.2) is 0 Å². The lowest BCUT2D eigenvalue weighted by molar-refractivity contribution is -0.308. The predicted octanol–water partition coefficient (Wildman–Crippen LogP) is 4.23. The first-order valence-electron chi connectivity index (χ1n) is 11.0. The van der Waals surface area contributed by atoms with Gasteiger partial charge in [0.05, 0.1) is 0 Å². The minimum absolute atomic E-state index is 0.0423. The normalized spacial score (nSPS) is 19.1. The number of piperazine rings is 2. The Morgan fingerprint density at radius 3 is 2.03 bits per heavy atom. The first-order chi connectivity index (χ1) is 15.9. The first kappa shape index (κ1) is 26.7. The maximum atomic E-state index is 12.7. The van der Waals surface area contributed by atoms with Crippen molar-refractivity contribution in [1.82, 2.24) is 14.7 Å². The molecule has 0 saturated carbocycles. The second kappa shape index (κ2) is 10.8. The maximum Gasteiger partial charge on any atom is 0.434 e. The molecule has 2 saturated heterocycles. The molecule has 0 N–H and O–H groups in total. The summed E-state index contributed by atoms with van der Waals surface area (Å²) in [5.74, 6) is 0. The number of likely N-dealkylation sites (N-methyl/N-ethyl adjacent to an activating group) is 1. The van der Waals surface area contributed by atoms with Crippen molar-refractivity contribution in [3.05, 3.63) is 28.8 Å². The van der Waals surface area contributed by atoms with Gasteiger partial charge in [0.1, 0.15) is 0 Å². The molecule has 3 rings (SSSR count). The lowest BCUT2D eigenvalue weighted by Gasteiger charge is -2.38. The largest absolute Gasteiger partial charge is 0.434 e. The van der Waals surface area contributed by atoms with Gasteiger partial charge in [-0.05, 0) is 24.2 Å². The van der Waals surface area contributed by atoms with Crippen molar-refractivity contribution in [3.8, 4) is 0 Å². The Bertz CT molecular complexity index is 824. The molecule has 192 valence electrons. The van der Waals surface area contributed by atoms with Crippen LogP contribution in [0.3, 0.4) is 0 Å². The van der Waals surface area contributed by atoms with Crippen molar-refractivity contribution >= 4 is 23.4 Å². The van der Waals surface area contributed by atoms with Gasteiger partial charge in [-0.15, -0.1) is 0 Å². The summed E-state index contributed by atoms with van der Waals surface area (Å²) in [6.07, 6.45) is -17.2. The van der Waals surface area contributed by atoms with Crippen molar-refractivity contribution in [2.24, 2.45) is 0 Å². The zero-order chi connectivity index (χ0) is 25.1. The number of hydrogen-bond donors (Lipinski definition) is 0. The van der Waals surface area contributed by atoms with E-state index in [4.69, 9.17) is 11.6 Å². The molecule has 34 heavy (non-hydrogen) atoms. The second-order valence-electron chi connectivity index (χ2n) is 8.30. The van der Waals surface area contributed by atoms with Crippen LogP contribution in [0.25, 0.3) is 0 Å². The summed E-state index contributed by atoms with van der Waals surface area (Å²) in [4.78, 5) is 19.4. The first-order valence-corrected chi connectivity index (χ1v) is 11.3. The van der Waals surface area contributed by atoms with Gasteiger partial charge in [-0.1, -0.05) is 24.6 Å². The Balaban J connectivity index is 1.59. The number of rotatable bonds is 5. The smallest absolute Gasteiger partial charge is 0.426 e. The van der Waals surface area contributed by atoms with E-state index in [9.17, 15) is 31.1 Å². The van der Waals surface area contributed by atoms with Gasteiger partial charge in [0, 0.05) is 69.6 Å². The Kier molecular flexibility index (Phi) is 8.46. The molecule has 0 aromatic heterocycles. The molecule has 2 heterocycles. The molecule has 0 unspecified atom stereocenters. The summed E-state index contributed by atoms with van der Waals surface area (Å²) in [5.41, 5.74) is 2.02. The van der Waals surface area contributed by atoms with E-state index in [0.717, 1.165) is 48.9 Å². The number of ether oxygens (including phenoxy) is 1. The maximum absolute atomic E-state index is 12.7. The van der Waals surface area contributed by atoms with Crippen LogP contribution in [0, 0.1) is 0 Å². The number of benzene rings is 1. The van der Waals surface area contributed by atoms with Gasteiger partial charge in [-0.25, -0.2) is 4.79 Å². The van der Waals surface area contributed by atoms with Crippen molar-refractivity contribution in [3.63, 3.8) is 0 Å². The summed E-state index contributed by atoms with van der Waals surface area (Å²) < 4.78 is 79.8. The quantitative estimate of drug-likeness (QED) is 0.548. The average Bonchev–Trinajstić information content (AvgIpc) is 2.77. The van der Waals surface area contributed by atoms with Gasteiger partial charge in [-0.2, -0.15) is 26.3 Å².